The van der Waals surface area contributed by atoms with E-state index in [0.29, 0.717) is 12.2 Å². The second kappa shape index (κ2) is 13.3. The molecule has 10 nitrogen and oxygen atoms in total. The molecular formula is C17H32N4O6S. The topological polar surface area (TPSA) is 171 Å². The van der Waals surface area contributed by atoms with Crippen LogP contribution in [-0.2, 0) is 19.2 Å². The molecule has 5 unspecified atom stereocenters. The molecule has 0 saturated carbocycles. The maximum Gasteiger partial charge on any atom is 0.326 e. The van der Waals surface area contributed by atoms with Crippen molar-refractivity contribution in [3.05, 3.63) is 0 Å². The number of aliphatic hydroxyl groups excluding tert-OH is 1. The van der Waals surface area contributed by atoms with Crippen LogP contribution in [0.2, 0.25) is 0 Å². The van der Waals surface area contributed by atoms with E-state index in [1.165, 1.54) is 18.7 Å². The zero-order valence-electron chi connectivity index (χ0n) is 16.7. The van der Waals surface area contributed by atoms with Crippen molar-refractivity contribution in [3.63, 3.8) is 0 Å². The molecule has 0 aromatic heterocycles. The Labute approximate surface area is 169 Å². The third-order valence-electron chi connectivity index (χ3n) is 4.35. The van der Waals surface area contributed by atoms with E-state index in [1.807, 2.05) is 13.2 Å². The number of rotatable bonds is 13. The minimum atomic E-state index is -1.27. The van der Waals surface area contributed by atoms with Crippen LogP contribution in [-0.4, -0.2) is 76.7 Å². The van der Waals surface area contributed by atoms with E-state index >= 15 is 0 Å². The van der Waals surface area contributed by atoms with Crippen molar-refractivity contribution in [1.82, 2.24) is 16.0 Å². The lowest BCUT2D eigenvalue weighted by molar-refractivity contribution is -0.142. The molecular weight excluding hydrogens is 388 g/mol. The van der Waals surface area contributed by atoms with Crippen molar-refractivity contribution < 1.29 is 29.4 Å². The van der Waals surface area contributed by atoms with Crippen molar-refractivity contribution >= 4 is 35.5 Å². The summed E-state index contributed by atoms with van der Waals surface area (Å²) in [4.78, 5) is 47.7. The Morgan fingerprint density at radius 2 is 1.57 bits per heavy atom. The van der Waals surface area contributed by atoms with E-state index in [-0.39, 0.29) is 12.3 Å². The number of aliphatic carboxylic acids is 1. The number of thioether (sulfide) groups is 1. The summed E-state index contributed by atoms with van der Waals surface area (Å²) in [5.41, 5.74) is 5.80. The standard InChI is InChI=1S/C17H32N4O6S/c1-5-9(2)13(18)16(25)21-12(8-22)15(24)19-10(3)14(23)20-11(17(26)27)6-7-28-4/h9-13,22H,5-8,18H2,1-4H3,(H,19,24)(H,20,23)(H,21,25)(H,26,27). The highest BCUT2D eigenvalue weighted by Gasteiger charge is 2.28. The summed E-state index contributed by atoms with van der Waals surface area (Å²) in [6.45, 7) is 4.37. The molecule has 0 aliphatic heterocycles. The Bertz CT molecular complexity index is 548. The fourth-order valence-electron chi connectivity index (χ4n) is 2.14. The molecule has 0 bridgehead atoms. The first-order valence-electron chi connectivity index (χ1n) is 9.08. The van der Waals surface area contributed by atoms with E-state index in [1.54, 1.807) is 6.92 Å². The number of aliphatic hydroxyl groups is 1. The molecule has 0 aromatic rings. The summed E-state index contributed by atoms with van der Waals surface area (Å²) in [6.07, 6.45) is 2.73. The van der Waals surface area contributed by atoms with Gasteiger partial charge in [-0.1, -0.05) is 20.3 Å². The number of nitrogens with one attached hydrogen (secondary N) is 3. The lowest BCUT2D eigenvalue weighted by Crippen LogP contribution is -2.58. The zero-order chi connectivity index (χ0) is 21.9. The average Bonchev–Trinajstić information content (AvgIpc) is 2.66. The summed E-state index contributed by atoms with van der Waals surface area (Å²) in [7, 11) is 0. The molecule has 0 saturated heterocycles. The van der Waals surface area contributed by atoms with Crippen LogP contribution in [0.5, 0.6) is 0 Å². The van der Waals surface area contributed by atoms with Crippen molar-refractivity contribution in [2.45, 2.75) is 57.8 Å². The summed E-state index contributed by atoms with van der Waals surface area (Å²) in [5, 5.41) is 25.6. The monoisotopic (exact) mass is 420 g/mol. The van der Waals surface area contributed by atoms with Gasteiger partial charge in [-0.25, -0.2) is 4.79 Å². The zero-order valence-corrected chi connectivity index (χ0v) is 17.5. The van der Waals surface area contributed by atoms with Crippen LogP contribution in [0.3, 0.4) is 0 Å². The number of carbonyl (C=O) groups excluding carboxylic acids is 3. The van der Waals surface area contributed by atoms with Gasteiger partial charge in [0.1, 0.15) is 18.1 Å². The van der Waals surface area contributed by atoms with E-state index < -0.39 is 54.5 Å². The molecule has 7 N–H and O–H groups in total. The molecule has 0 radical (unpaired) electrons. The van der Waals surface area contributed by atoms with Crippen LogP contribution >= 0.6 is 11.8 Å². The molecule has 11 heteroatoms. The SMILES string of the molecule is CCC(C)C(N)C(=O)NC(CO)C(=O)NC(C)C(=O)NC(CCSC)C(=O)O. The van der Waals surface area contributed by atoms with E-state index in [4.69, 9.17) is 10.8 Å². The Morgan fingerprint density at radius 1 is 1.00 bits per heavy atom. The van der Waals surface area contributed by atoms with Crippen LogP contribution in [0.1, 0.15) is 33.6 Å². The van der Waals surface area contributed by atoms with Gasteiger partial charge in [0.2, 0.25) is 17.7 Å². The van der Waals surface area contributed by atoms with Gasteiger partial charge in [-0.3, -0.25) is 14.4 Å². The van der Waals surface area contributed by atoms with Crippen LogP contribution in [0.4, 0.5) is 0 Å². The number of hydrogen-bond donors (Lipinski definition) is 6. The van der Waals surface area contributed by atoms with Gasteiger partial charge in [0.05, 0.1) is 12.6 Å². The van der Waals surface area contributed by atoms with E-state index in [2.05, 4.69) is 16.0 Å². The second-order valence-corrected chi connectivity index (χ2v) is 7.55. The minimum absolute atomic E-state index is 0.110. The van der Waals surface area contributed by atoms with Gasteiger partial charge in [0.25, 0.3) is 0 Å². The highest BCUT2D eigenvalue weighted by molar-refractivity contribution is 7.98. The summed E-state index contributed by atoms with van der Waals surface area (Å²) in [5.74, 6) is -2.76. The van der Waals surface area contributed by atoms with Gasteiger partial charge < -0.3 is 31.9 Å². The molecule has 28 heavy (non-hydrogen) atoms. The van der Waals surface area contributed by atoms with Crippen molar-refractivity contribution in [2.24, 2.45) is 11.7 Å². The van der Waals surface area contributed by atoms with E-state index in [9.17, 15) is 24.3 Å². The first-order valence-corrected chi connectivity index (χ1v) is 10.5. The summed E-state index contributed by atoms with van der Waals surface area (Å²) in [6, 6.07) is -4.23. The largest absolute Gasteiger partial charge is 0.480 e. The highest BCUT2D eigenvalue weighted by Crippen LogP contribution is 2.05. The Balaban J connectivity index is 4.80. The third-order valence-corrected chi connectivity index (χ3v) is 5.00. The van der Waals surface area contributed by atoms with Crippen LogP contribution in [0, 0.1) is 5.92 Å². The van der Waals surface area contributed by atoms with Gasteiger partial charge in [-0.05, 0) is 31.3 Å². The molecule has 3 amide bonds. The van der Waals surface area contributed by atoms with Crippen molar-refractivity contribution in [1.29, 1.82) is 0 Å². The van der Waals surface area contributed by atoms with Gasteiger partial charge in [-0.2, -0.15) is 11.8 Å². The van der Waals surface area contributed by atoms with Crippen LogP contribution in [0.15, 0.2) is 0 Å². The predicted octanol–water partition coefficient (Wildman–Crippen LogP) is -1.34. The number of amides is 3. The molecule has 0 spiro atoms. The molecule has 0 rings (SSSR count). The maximum atomic E-state index is 12.3. The first-order chi connectivity index (χ1) is 13.1. The lowest BCUT2D eigenvalue weighted by Gasteiger charge is -2.23. The van der Waals surface area contributed by atoms with Gasteiger partial charge >= 0.3 is 5.97 Å². The molecule has 5 atom stereocenters. The normalized spacial score (nSPS) is 16.2. The smallest absolute Gasteiger partial charge is 0.326 e. The predicted molar refractivity (Wildman–Crippen MR) is 107 cm³/mol. The Morgan fingerprint density at radius 3 is 2.04 bits per heavy atom. The van der Waals surface area contributed by atoms with Crippen LogP contribution in [0.25, 0.3) is 0 Å². The highest BCUT2D eigenvalue weighted by atomic mass is 32.2. The van der Waals surface area contributed by atoms with Crippen molar-refractivity contribution in [2.75, 3.05) is 18.6 Å². The fraction of sp³-hybridized carbons (Fsp3) is 0.765. The number of carbonyl (C=O) groups is 4. The lowest BCUT2D eigenvalue weighted by atomic mass is 9.99. The molecule has 0 fully saturated rings. The Hall–Kier alpha value is -1.85. The third kappa shape index (κ3) is 8.89. The molecule has 0 heterocycles. The molecule has 0 aliphatic carbocycles. The number of carboxylic acid groups (broad SMARTS) is 1. The minimum Gasteiger partial charge on any atom is -0.480 e. The number of hydrogen-bond acceptors (Lipinski definition) is 7. The average molecular weight is 421 g/mol. The van der Waals surface area contributed by atoms with Gasteiger partial charge in [-0.15, -0.1) is 0 Å². The number of nitrogens with two attached hydrogens (primary N) is 1. The van der Waals surface area contributed by atoms with Crippen LogP contribution < -0.4 is 21.7 Å². The van der Waals surface area contributed by atoms with Gasteiger partial charge in [0.15, 0.2) is 0 Å². The van der Waals surface area contributed by atoms with E-state index in [0.717, 1.165) is 0 Å². The molecule has 0 aliphatic rings. The first kappa shape index (κ1) is 26.1. The summed E-state index contributed by atoms with van der Waals surface area (Å²) >= 11 is 1.45. The second-order valence-electron chi connectivity index (χ2n) is 6.57. The Kier molecular flexibility index (Phi) is 12.5. The van der Waals surface area contributed by atoms with Gasteiger partial charge in [0, 0.05) is 0 Å². The van der Waals surface area contributed by atoms with Crippen molar-refractivity contribution in [3.8, 4) is 0 Å². The molecule has 162 valence electrons. The maximum absolute atomic E-state index is 12.3. The molecule has 0 aromatic carbocycles. The summed E-state index contributed by atoms with van der Waals surface area (Å²) < 4.78 is 0. The quantitative estimate of drug-likeness (QED) is 0.213. The fourth-order valence-corrected chi connectivity index (χ4v) is 2.62. The number of carboxylic acids is 1.